The van der Waals surface area contributed by atoms with Crippen LogP contribution in [0.25, 0.3) is 17.4 Å². The maximum absolute atomic E-state index is 12.2. The summed E-state index contributed by atoms with van der Waals surface area (Å²) in [6.45, 7) is 0. The Kier molecular flexibility index (Phi) is 4.77. The van der Waals surface area contributed by atoms with Crippen LogP contribution in [0.2, 0.25) is 0 Å². The average Bonchev–Trinajstić information content (AvgIpc) is 3.29. The number of nitrogens with zero attached hydrogens (tertiary/aromatic N) is 2. The number of hydrogen-bond donors (Lipinski definition) is 1. The molecule has 28 heavy (non-hydrogen) atoms. The van der Waals surface area contributed by atoms with Gasteiger partial charge in [-0.15, -0.1) is 0 Å². The smallest absolute Gasteiger partial charge is 0.280 e. The van der Waals surface area contributed by atoms with Crippen LogP contribution in [-0.2, 0) is 4.79 Å². The number of hydrogen-bond acceptors (Lipinski definition) is 6. The van der Waals surface area contributed by atoms with Crippen LogP contribution in [0.5, 0.6) is 0 Å². The number of aliphatic imine (C=N–C) groups is 1. The molecule has 2 heterocycles. The Labute approximate surface area is 163 Å². The van der Waals surface area contributed by atoms with E-state index in [1.807, 2.05) is 30.3 Å². The first-order valence-corrected chi connectivity index (χ1v) is 9.10. The molecule has 0 atom stereocenters. The first-order valence-electron chi connectivity index (χ1n) is 8.28. The summed E-state index contributed by atoms with van der Waals surface area (Å²) in [6.07, 6.45) is 1.59. The zero-order valence-corrected chi connectivity index (χ0v) is 15.2. The van der Waals surface area contributed by atoms with E-state index in [0.717, 1.165) is 5.69 Å². The van der Waals surface area contributed by atoms with Crippen molar-refractivity contribution in [1.82, 2.24) is 5.32 Å². The number of benzene rings is 2. The van der Waals surface area contributed by atoms with Crippen LogP contribution in [0.4, 0.5) is 11.4 Å². The number of amidine groups is 1. The van der Waals surface area contributed by atoms with Crippen LogP contribution in [0.3, 0.4) is 0 Å². The summed E-state index contributed by atoms with van der Waals surface area (Å²) in [5, 5.41) is 14.4. The van der Waals surface area contributed by atoms with E-state index in [1.54, 1.807) is 36.4 Å². The number of carbonyl (C=O) groups is 1. The van der Waals surface area contributed by atoms with Gasteiger partial charge in [0.2, 0.25) is 0 Å². The number of para-hydroxylation sites is 2. The predicted molar refractivity (Wildman–Crippen MR) is 108 cm³/mol. The minimum Gasteiger partial charge on any atom is -0.456 e. The number of nitro groups is 1. The van der Waals surface area contributed by atoms with Gasteiger partial charge in [-0.25, -0.2) is 4.99 Å². The van der Waals surface area contributed by atoms with Crippen LogP contribution in [0.1, 0.15) is 5.76 Å². The highest BCUT2D eigenvalue weighted by molar-refractivity contribution is 8.18. The van der Waals surface area contributed by atoms with E-state index >= 15 is 0 Å². The third-order valence-electron chi connectivity index (χ3n) is 3.90. The van der Waals surface area contributed by atoms with Crippen LogP contribution >= 0.6 is 11.8 Å². The van der Waals surface area contributed by atoms with E-state index in [2.05, 4.69) is 10.3 Å². The van der Waals surface area contributed by atoms with Crippen molar-refractivity contribution in [1.29, 1.82) is 0 Å². The number of amides is 1. The molecule has 1 aromatic heterocycles. The second-order valence-electron chi connectivity index (χ2n) is 5.79. The number of furan rings is 1. The van der Waals surface area contributed by atoms with Gasteiger partial charge in [0.05, 0.1) is 21.1 Å². The fourth-order valence-electron chi connectivity index (χ4n) is 2.65. The quantitative estimate of drug-likeness (QED) is 0.393. The van der Waals surface area contributed by atoms with Crippen molar-refractivity contribution in [2.75, 3.05) is 0 Å². The summed E-state index contributed by atoms with van der Waals surface area (Å²) >= 11 is 1.20. The monoisotopic (exact) mass is 391 g/mol. The van der Waals surface area contributed by atoms with Crippen molar-refractivity contribution < 1.29 is 14.1 Å². The van der Waals surface area contributed by atoms with Crippen molar-refractivity contribution in [2.45, 2.75) is 0 Å². The fraction of sp³-hybridized carbons (Fsp3) is 0. The van der Waals surface area contributed by atoms with Crippen LogP contribution in [0, 0.1) is 10.1 Å². The lowest BCUT2D eigenvalue weighted by atomic mass is 10.1. The number of nitrogens with one attached hydrogen (secondary N) is 1. The van der Waals surface area contributed by atoms with Crippen molar-refractivity contribution in [3.8, 4) is 11.3 Å². The molecule has 0 spiro atoms. The standard InChI is InChI=1S/C20H13N3O4S/c24-19-18(28-20(22-19)21-13-6-2-1-3-7-13)12-14-10-11-17(27-14)15-8-4-5-9-16(15)23(25)26/h1-12H,(H,21,22,24)/b18-12+. The van der Waals surface area contributed by atoms with E-state index in [9.17, 15) is 14.9 Å². The van der Waals surface area contributed by atoms with Gasteiger partial charge in [0.15, 0.2) is 5.17 Å². The van der Waals surface area contributed by atoms with Crippen molar-refractivity contribution in [3.63, 3.8) is 0 Å². The number of nitro benzene ring substituents is 1. The van der Waals surface area contributed by atoms with Gasteiger partial charge in [0.1, 0.15) is 11.5 Å². The molecule has 7 nitrogen and oxygen atoms in total. The lowest BCUT2D eigenvalue weighted by Gasteiger charge is -1.98. The molecule has 138 valence electrons. The lowest BCUT2D eigenvalue weighted by Crippen LogP contribution is -2.19. The Morgan fingerprint density at radius 3 is 2.57 bits per heavy atom. The second kappa shape index (κ2) is 7.53. The Bertz CT molecular complexity index is 1120. The van der Waals surface area contributed by atoms with Gasteiger partial charge in [-0.2, -0.15) is 0 Å². The summed E-state index contributed by atoms with van der Waals surface area (Å²) in [7, 11) is 0. The highest BCUT2D eigenvalue weighted by Crippen LogP contribution is 2.33. The number of carbonyl (C=O) groups excluding carboxylic acids is 1. The van der Waals surface area contributed by atoms with E-state index in [-0.39, 0.29) is 11.6 Å². The van der Waals surface area contributed by atoms with Crippen molar-refractivity contribution in [2.24, 2.45) is 4.99 Å². The molecule has 8 heteroatoms. The Morgan fingerprint density at radius 1 is 1.04 bits per heavy atom. The minimum atomic E-state index is -0.456. The molecular formula is C20H13N3O4S. The molecule has 2 aromatic carbocycles. The number of rotatable bonds is 4. The molecule has 0 saturated carbocycles. The molecule has 3 aromatic rings. The third kappa shape index (κ3) is 3.72. The molecular weight excluding hydrogens is 378 g/mol. The largest absolute Gasteiger partial charge is 0.456 e. The Morgan fingerprint density at radius 2 is 1.79 bits per heavy atom. The summed E-state index contributed by atoms with van der Waals surface area (Å²) in [6, 6.07) is 19.0. The van der Waals surface area contributed by atoms with Gasteiger partial charge in [-0.3, -0.25) is 14.9 Å². The van der Waals surface area contributed by atoms with Crippen LogP contribution < -0.4 is 5.32 Å². The minimum absolute atomic E-state index is 0.0404. The summed E-state index contributed by atoms with van der Waals surface area (Å²) in [5.74, 6) is 0.510. The van der Waals surface area contributed by atoms with Crippen molar-refractivity contribution in [3.05, 3.63) is 87.5 Å². The van der Waals surface area contributed by atoms with E-state index in [0.29, 0.717) is 27.2 Å². The highest BCUT2D eigenvalue weighted by Gasteiger charge is 2.24. The molecule has 0 unspecified atom stereocenters. The fourth-order valence-corrected chi connectivity index (χ4v) is 3.47. The molecule has 4 rings (SSSR count). The summed E-state index contributed by atoms with van der Waals surface area (Å²) in [4.78, 5) is 27.7. The molecule has 1 saturated heterocycles. The Hall–Kier alpha value is -3.65. The molecule has 1 aliphatic rings. The molecule has 1 fully saturated rings. The van der Waals surface area contributed by atoms with E-state index < -0.39 is 4.92 Å². The Balaban J connectivity index is 1.59. The first kappa shape index (κ1) is 17.7. The van der Waals surface area contributed by atoms with Gasteiger partial charge in [0, 0.05) is 12.1 Å². The molecule has 0 radical (unpaired) electrons. The molecule has 0 aliphatic carbocycles. The molecule has 0 bridgehead atoms. The topological polar surface area (TPSA) is 97.7 Å². The van der Waals surface area contributed by atoms with Gasteiger partial charge >= 0.3 is 0 Å². The summed E-state index contributed by atoms with van der Waals surface area (Å²) in [5.41, 5.74) is 1.08. The maximum Gasteiger partial charge on any atom is 0.280 e. The summed E-state index contributed by atoms with van der Waals surface area (Å²) < 4.78 is 5.71. The normalized spacial score (nSPS) is 16.5. The zero-order chi connectivity index (χ0) is 19.5. The SMILES string of the molecule is O=C1NC(=Nc2ccccc2)S/C1=C/c1ccc(-c2ccccc2[N+](=O)[O-])o1. The average molecular weight is 391 g/mol. The predicted octanol–water partition coefficient (Wildman–Crippen LogP) is 4.75. The van der Waals surface area contributed by atoms with E-state index in [4.69, 9.17) is 4.42 Å². The van der Waals surface area contributed by atoms with Crippen molar-refractivity contribution >= 4 is 40.3 Å². The maximum atomic E-state index is 12.2. The first-order chi connectivity index (χ1) is 13.6. The second-order valence-corrected chi connectivity index (χ2v) is 6.82. The van der Waals surface area contributed by atoms with Gasteiger partial charge < -0.3 is 9.73 Å². The lowest BCUT2D eigenvalue weighted by molar-refractivity contribution is -0.384. The van der Waals surface area contributed by atoms with Gasteiger partial charge in [0.25, 0.3) is 11.6 Å². The third-order valence-corrected chi connectivity index (χ3v) is 4.81. The molecule has 1 amide bonds. The van der Waals surface area contributed by atoms with Crippen LogP contribution in [0.15, 0.2) is 81.0 Å². The molecule has 1 aliphatic heterocycles. The van der Waals surface area contributed by atoms with Gasteiger partial charge in [-0.05, 0) is 42.1 Å². The van der Waals surface area contributed by atoms with Crippen LogP contribution in [-0.4, -0.2) is 16.0 Å². The molecule has 1 N–H and O–H groups in total. The zero-order valence-electron chi connectivity index (χ0n) is 14.4. The highest BCUT2D eigenvalue weighted by atomic mass is 32.2. The van der Waals surface area contributed by atoms with E-state index in [1.165, 1.54) is 17.8 Å². The number of thioether (sulfide) groups is 1. The van der Waals surface area contributed by atoms with Gasteiger partial charge in [-0.1, -0.05) is 30.3 Å².